The second kappa shape index (κ2) is 8.36. The first-order valence-electron chi connectivity index (χ1n) is 8.85. The SMILES string of the molecule is CC(C)c1ccc(NC(=O)/C(C#N)=C/c2ccc(-c3ccc(F)cc3)o2)cc1. The van der Waals surface area contributed by atoms with Gasteiger partial charge in [0, 0.05) is 17.3 Å². The van der Waals surface area contributed by atoms with Gasteiger partial charge in [0.15, 0.2) is 0 Å². The fourth-order valence-corrected chi connectivity index (χ4v) is 2.64. The number of halogens is 1. The van der Waals surface area contributed by atoms with Gasteiger partial charge in [-0.15, -0.1) is 0 Å². The van der Waals surface area contributed by atoms with Crippen LogP contribution in [0.1, 0.15) is 31.1 Å². The smallest absolute Gasteiger partial charge is 0.266 e. The van der Waals surface area contributed by atoms with Crippen molar-refractivity contribution in [3.05, 3.63) is 83.4 Å². The van der Waals surface area contributed by atoms with E-state index in [4.69, 9.17) is 4.42 Å². The lowest BCUT2D eigenvalue weighted by molar-refractivity contribution is -0.112. The lowest BCUT2D eigenvalue weighted by Gasteiger charge is -2.08. The van der Waals surface area contributed by atoms with Crippen LogP contribution in [0.3, 0.4) is 0 Å². The number of nitrogens with one attached hydrogen (secondary N) is 1. The van der Waals surface area contributed by atoms with Crippen molar-refractivity contribution in [1.82, 2.24) is 0 Å². The molecule has 140 valence electrons. The molecule has 0 saturated heterocycles. The summed E-state index contributed by atoms with van der Waals surface area (Å²) in [6, 6.07) is 18.6. The van der Waals surface area contributed by atoms with Crippen molar-refractivity contribution in [2.75, 3.05) is 5.32 Å². The molecule has 0 aliphatic carbocycles. The third-order valence-corrected chi connectivity index (χ3v) is 4.24. The number of furan rings is 1. The Bertz CT molecular complexity index is 1040. The van der Waals surface area contributed by atoms with Gasteiger partial charge in [-0.2, -0.15) is 5.26 Å². The van der Waals surface area contributed by atoms with Crippen molar-refractivity contribution in [1.29, 1.82) is 5.26 Å². The van der Waals surface area contributed by atoms with Crippen LogP contribution in [-0.4, -0.2) is 5.91 Å². The van der Waals surface area contributed by atoms with Gasteiger partial charge in [0.2, 0.25) is 0 Å². The summed E-state index contributed by atoms with van der Waals surface area (Å²) in [4.78, 5) is 12.4. The molecular formula is C23H19FN2O2. The quantitative estimate of drug-likeness (QED) is 0.456. The van der Waals surface area contributed by atoms with E-state index in [0.717, 1.165) is 5.56 Å². The predicted molar refractivity (Wildman–Crippen MR) is 107 cm³/mol. The molecule has 0 bridgehead atoms. The third-order valence-electron chi connectivity index (χ3n) is 4.24. The Kier molecular flexibility index (Phi) is 5.71. The van der Waals surface area contributed by atoms with E-state index in [1.807, 2.05) is 30.3 Å². The van der Waals surface area contributed by atoms with Gasteiger partial charge in [0.1, 0.15) is 29.0 Å². The molecule has 1 heterocycles. The molecule has 1 N–H and O–H groups in total. The van der Waals surface area contributed by atoms with Gasteiger partial charge in [-0.1, -0.05) is 26.0 Å². The van der Waals surface area contributed by atoms with Gasteiger partial charge in [0.25, 0.3) is 5.91 Å². The van der Waals surface area contributed by atoms with E-state index >= 15 is 0 Å². The zero-order valence-corrected chi connectivity index (χ0v) is 15.6. The van der Waals surface area contributed by atoms with Crippen molar-refractivity contribution in [2.24, 2.45) is 0 Å². The highest BCUT2D eigenvalue weighted by Gasteiger charge is 2.12. The first-order chi connectivity index (χ1) is 13.5. The molecule has 0 saturated carbocycles. The van der Waals surface area contributed by atoms with Crippen molar-refractivity contribution < 1.29 is 13.6 Å². The minimum atomic E-state index is -0.514. The maximum atomic E-state index is 13.0. The van der Waals surface area contributed by atoms with Crippen LogP contribution in [-0.2, 0) is 4.79 Å². The number of hydrogen-bond donors (Lipinski definition) is 1. The Balaban J connectivity index is 1.75. The van der Waals surface area contributed by atoms with Gasteiger partial charge in [0.05, 0.1) is 0 Å². The number of amides is 1. The maximum Gasteiger partial charge on any atom is 0.266 e. The van der Waals surface area contributed by atoms with Crippen LogP contribution in [0.4, 0.5) is 10.1 Å². The molecule has 0 spiro atoms. The highest BCUT2D eigenvalue weighted by Crippen LogP contribution is 2.24. The van der Waals surface area contributed by atoms with E-state index in [2.05, 4.69) is 19.2 Å². The topological polar surface area (TPSA) is 66.0 Å². The Morgan fingerprint density at radius 2 is 1.75 bits per heavy atom. The summed E-state index contributed by atoms with van der Waals surface area (Å²) in [5.41, 5.74) is 2.40. The Labute approximate surface area is 162 Å². The van der Waals surface area contributed by atoms with Crippen LogP contribution in [0.5, 0.6) is 0 Å². The Morgan fingerprint density at radius 1 is 1.07 bits per heavy atom. The molecule has 5 heteroatoms. The van der Waals surface area contributed by atoms with Crippen molar-refractivity contribution >= 4 is 17.7 Å². The monoisotopic (exact) mass is 374 g/mol. The number of nitrogens with zero attached hydrogens (tertiary/aromatic N) is 1. The molecule has 0 radical (unpaired) electrons. The minimum Gasteiger partial charge on any atom is -0.457 e. The summed E-state index contributed by atoms with van der Waals surface area (Å²) in [6.45, 7) is 4.18. The largest absolute Gasteiger partial charge is 0.457 e. The second-order valence-electron chi connectivity index (χ2n) is 6.61. The van der Waals surface area contributed by atoms with E-state index in [-0.39, 0.29) is 11.4 Å². The standard InChI is InChI=1S/C23H19FN2O2/c1-15(2)16-5-9-20(10-6-16)26-23(27)18(14-25)13-21-11-12-22(28-21)17-3-7-19(24)8-4-17/h3-13,15H,1-2H3,(H,26,27)/b18-13+. The summed E-state index contributed by atoms with van der Waals surface area (Å²) in [5.74, 6) is 0.433. The number of anilines is 1. The number of hydrogen-bond acceptors (Lipinski definition) is 3. The molecule has 2 aromatic carbocycles. The number of nitriles is 1. The number of carbonyl (C=O) groups is 1. The zero-order valence-electron chi connectivity index (χ0n) is 15.6. The first kappa shape index (κ1) is 19.1. The van der Waals surface area contributed by atoms with Gasteiger partial charge >= 0.3 is 0 Å². The second-order valence-corrected chi connectivity index (χ2v) is 6.61. The van der Waals surface area contributed by atoms with Crippen molar-refractivity contribution in [3.63, 3.8) is 0 Å². The van der Waals surface area contributed by atoms with Gasteiger partial charge < -0.3 is 9.73 Å². The fourth-order valence-electron chi connectivity index (χ4n) is 2.64. The molecular weight excluding hydrogens is 355 g/mol. The van der Waals surface area contributed by atoms with Crippen LogP contribution in [0.2, 0.25) is 0 Å². The molecule has 28 heavy (non-hydrogen) atoms. The van der Waals surface area contributed by atoms with Crippen LogP contribution >= 0.6 is 0 Å². The van der Waals surface area contributed by atoms with Gasteiger partial charge in [-0.25, -0.2) is 4.39 Å². The average Bonchev–Trinajstić information content (AvgIpc) is 3.15. The average molecular weight is 374 g/mol. The van der Waals surface area contributed by atoms with Crippen molar-refractivity contribution in [2.45, 2.75) is 19.8 Å². The fraction of sp³-hybridized carbons (Fsp3) is 0.130. The number of carbonyl (C=O) groups excluding carboxylic acids is 1. The Morgan fingerprint density at radius 3 is 2.36 bits per heavy atom. The van der Waals surface area contributed by atoms with Crippen LogP contribution in [0.15, 0.2) is 70.7 Å². The molecule has 0 aliphatic rings. The third kappa shape index (κ3) is 4.54. The van der Waals surface area contributed by atoms with Crippen LogP contribution < -0.4 is 5.32 Å². The highest BCUT2D eigenvalue weighted by atomic mass is 19.1. The molecule has 1 aromatic heterocycles. The van der Waals surface area contributed by atoms with Crippen LogP contribution in [0.25, 0.3) is 17.4 Å². The molecule has 0 fully saturated rings. The van der Waals surface area contributed by atoms with E-state index < -0.39 is 5.91 Å². The lowest BCUT2D eigenvalue weighted by Crippen LogP contribution is -2.13. The molecule has 0 atom stereocenters. The number of rotatable bonds is 5. The van der Waals surface area contributed by atoms with Crippen molar-refractivity contribution in [3.8, 4) is 17.4 Å². The van der Waals surface area contributed by atoms with E-state index in [1.165, 1.54) is 18.2 Å². The molecule has 0 unspecified atom stereocenters. The normalized spacial score (nSPS) is 11.3. The summed E-state index contributed by atoms with van der Waals surface area (Å²) in [5, 5.41) is 12.1. The summed E-state index contributed by atoms with van der Waals surface area (Å²) in [7, 11) is 0. The summed E-state index contributed by atoms with van der Waals surface area (Å²) in [6.07, 6.45) is 1.38. The highest BCUT2D eigenvalue weighted by molar-refractivity contribution is 6.09. The summed E-state index contributed by atoms with van der Waals surface area (Å²) >= 11 is 0. The van der Waals surface area contributed by atoms with Gasteiger partial charge in [-0.3, -0.25) is 4.79 Å². The molecule has 3 rings (SSSR count). The first-order valence-corrected chi connectivity index (χ1v) is 8.85. The molecule has 1 amide bonds. The van der Waals surface area contributed by atoms with E-state index in [0.29, 0.717) is 28.7 Å². The van der Waals surface area contributed by atoms with E-state index in [1.54, 1.807) is 24.3 Å². The Hall–Kier alpha value is -3.65. The maximum absolute atomic E-state index is 13.0. The predicted octanol–water partition coefficient (Wildman–Crippen LogP) is 5.75. The minimum absolute atomic E-state index is 0.0760. The van der Waals surface area contributed by atoms with Gasteiger partial charge in [-0.05, 0) is 60.0 Å². The molecule has 4 nitrogen and oxygen atoms in total. The van der Waals surface area contributed by atoms with Crippen LogP contribution in [0, 0.1) is 17.1 Å². The molecule has 3 aromatic rings. The lowest BCUT2D eigenvalue weighted by atomic mass is 10.0. The zero-order chi connectivity index (χ0) is 20.1. The van der Waals surface area contributed by atoms with E-state index in [9.17, 15) is 14.4 Å². The number of benzene rings is 2. The molecule has 0 aliphatic heterocycles. The summed E-state index contributed by atoms with van der Waals surface area (Å²) < 4.78 is 18.7.